The molecule has 1 saturated heterocycles. The fourth-order valence-corrected chi connectivity index (χ4v) is 0.810. The minimum absolute atomic E-state index is 0.203. The second-order valence-corrected chi connectivity index (χ2v) is 2.85. The third kappa shape index (κ3) is 1.93. The summed E-state index contributed by atoms with van der Waals surface area (Å²) in [4.78, 5) is 0. The summed E-state index contributed by atoms with van der Waals surface area (Å²) in [5, 5.41) is 8.94. The van der Waals surface area contributed by atoms with Gasteiger partial charge in [0.05, 0.1) is 5.60 Å². The van der Waals surface area contributed by atoms with Gasteiger partial charge in [-0.3, -0.25) is 0 Å². The van der Waals surface area contributed by atoms with Gasteiger partial charge < -0.3 is 14.6 Å². The molecule has 1 aliphatic rings. The van der Waals surface area contributed by atoms with Crippen molar-refractivity contribution in [2.75, 3.05) is 6.79 Å². The molecular weight excluding hydrogens is 120 g/mol. The van der Waals surface area contributed by atoms with Crippen LogP contribution in [0, 0.1) is 0 Å². The van der Waals surface area contributed by atoms with E-state index in [1.54, 1.807) is 0 Å². The van der Waals surface area contributed by atoms with E-state index in [1.807, 2.05) is 13.8 Å². The molecule has 0 saturated carbocycles. The van der Waals surface area contributed by atoms with Crippen LogP contribution >= 0.6 is 0 Å². The van der Waals surface area contributed by atoms with E-state index >= 15 is 0 Å². The Morgan fingerprint density at radius 3 is 2.56 bits per heavy atom. The van der Waals surface area contributed by atoms with Crippen LogP contribution < -0.4 is 0 Å². The minimum atomic E-state index is -0.645. The number of aliphatic hydroxyl groups is 1. The standard InChI is InChI=1S/C6H12O3/c1-6(2)3-5(7)8-4-9-6/h5,7H,3-4H2,1-2H3. The maximum atomic E-state index is 8.94. The van der Waals surface area contributed by atoms with Crippen LogP contribution in [-0.4, -0.2) is 23.8 Å². The third-order valence-electron chi connectivity index (χ3n) is 1.38. The lowest BCUT2D eigenvalue weighted by Crippen LogP contribution is -2.38. The molecule has 0 aliphatic carbocycles. The Labute approximate surface area is 54.6 Å². The van der Waals surface area contributed by atoms with E-state index in [-0.39, 0.29) is 12.4 Å². The Balaban J connectivity index is 2.41. The van der Waals surface area contributed by atoms with Crippen molar-refractivity contribution in [3.05, 3.63) is 0 Å². The van der Waals surface area contributed by atoms with Gasteiger partial charge in [0, 0.05) is 6.42 Å². The van der Waals surface area contributed by atoms with E-state index in [1.165, 1.54) is 0 Å². The molecule has 1 N–H and O–H groups in total. The maximum Gasteiger partial charge on any atom is 0.160 e. The number of rotatable bonds is 0. The van der Waals surface area contributed by atoms with Crippen LogP contribution in [0.15, 0.2) is 0 Å². The van der Waals surface area contributed by atoms with Gasteiger partial charge in [0.25, 0.3) is 0 Å². The number of aliphatic hydroxyl groups excluding tert-OH is 1. The predicted octanol–water partition coefficient (Wildman–Crippen LogP) is 0.478. The maximum absolute atomic E-state index is 8.94. The molecule has 1 unspecified atom stereocenters. The molecule has 1 atom stereocenters. The largest absolute Gasteiger partial charge is 0.368 e. The van der Waals surface area contributed by atoms with E-state index in [2.05, 4.69) is 0 Å². The van der Waals surface area contributed by atoms with Gasteiger partial charge in [-0.15, -0.1) is 0 Å². The van der Waals surface area contributed by atoms with Gasteiger partial charge in [-0.1, -0.05) is 0 Å². The molecule has 1 aliphatic heterocycles. The van der Waals surface area contributed by atoms with Crippen LogP contribution in [0.4, 0.5) is 0 Å². The minimum Gasteiger partial charge on any atom is -0.368 e. The van der Waals surface area contributed by atoms with E-state index in [4.69, 9.17) is 14.6 Å². The summed E-state index contributed by atoms with van der Waals surface area (Å²) >= 11 is 0. The van der Waals surface area contributed by atoms with Crippen LogP contribution in [0.1, 0.15) is 20.3 Å². The first-order valence-electron chi connectivity index (χ1n) is 3.04. The van der Waals surface area contributed by atoms with Crippen molar-refractivity contribution in [3.63, 3.8) is 0 Å². The molecular formula is C6H12O3. The topological polar surface area (TPSA) is 38.7 Å². The first-order valence-corrected chi connectivity index (χ1v) is 3.04. The summed E-state index contributed by atoms with van der Waals surface area (Å²) in [5.41, 5.74) is -0.225. The fourth-order valence-electron chi connectivity index (χ4n) is 0.810. The van der Waals surface area contributed by atoms with Gasteiger partial charge >= 0.3 is 0 Å². The molecule has 0 amide bonds. The Morgan fingerprint density at radius 1 is 1.56 bits per heavy atom. The summed E-state index contributed by atoms with van der Waals surface area (Å²) in [6.45, 7) is 4.06. The van der Waals surface area contributed by atoms with Gasteiger partial charge in [0.1, 0.15) is 0 Å². The van der Waals surface area contributed by atoms with Gasteiger partial charge in [-0.25, -0.2) is 0 Å². The number of hydrogen-bond acceptors (Lipinski definition) is 3. The predicted molar refractivity (Wildman–Crippen MR) is 31.7 cm³/mol. The molecule has 0 aromatic heterocycles. The first-order chi connectivity index (χ1) is 4.10. The highest BCUT2D eigenvalue weighted by Gasteiger charge is 2.27. The van der Waals surface area contributed by atoms with Crippen molar-refractivity contribution in [1.82, 2.24) is 0 Å². The SMILES string of the molecule is CC1(C)CC(O)OCO1. The lowest BCUT2D eigenvalue weighted by atomic mass is 10.0. The molecule has 1 rings (SSSR count). The van der Waals surface area contributed by atoms with Gasteiger partial charge in [0.15, 0.2) is 13.1 Å². The summed E-state index contributed by atoms with van der Waals surface area (Å²) in [5.74, 6) is 0. The normalized spacial score (nSPS) is 34.3. The van der Waals surface area contributed by atoms with Gasteiger partial charge in [-0.05, 0) is 13.8 Å². The Morgan fingerprint density at radius 2 is 2.22 bits per heavy atom. The Bertz CT molecular complexity index is 100. The molecule has 54 valence electrons. The molecule has 0 radical (unpaired) electrons. The van der Waals surface area contributed by atoms with Crippen molar-refractivity contribution < 1.29 is 14.6 Å². The summed E-state index contributed by atoms with van der Waals surface area (Å²) < 4.78 is 9.90. The molecule has 0 aromatic rings. The average molecular weight is 132 g/mol. The van der Waals surface area contributed by atoms with Crippen LogP contribution in [0.3, 0.4) is 0 Å². The summed E-state index contributed by atoms with van der Waals surface area (Å²) in [6, 6.07) is 0. The molecule has 0 bridgehead atoms. The average Bonchev–Trinajstić information content (AvgIpc) is 1.60. The molecule has 9 heavy (non-hydrogen) atoms. The van der Waals surface area contributed by atoms with E-state index in [9.17, 15) is 0 Å². The van der Waals surface area contributed by atoms with Crippen LogP contribution in [0.2, 0.25) is 0 Å². The van der Waals surface area contributed by atoms with Crippen molar-refractivity contribution in [3.8, 4) is 0 Å². The zero-order valence-electron chi connectivity index (χ0n) is 5.76. The third-order valence-corrected chi connectivity index (χ3v) is 1.38. The molecule has 3 heteroatoms. The van der Waals surface area contributed by atoms with Gasteiger partial charge in [0.2, 0.25) is 0 Å². The van der Waals surface area contributed by atoms with Gasteiger partial charge in [-0.2, -0.15) is 0 Å². The van der Waals surface area contributed by atoms with Crippen molar-refractivity contribution in [1.29, 1.82) is 0 Å². The lowest BCUT2D eigenvalue weighted by Gasteiger charge is -2.32. The van der Waals surface area contributed by atoms with Crippen LogP contribution in [0.5, 0.6) is 0 Å². The Kier molecular flexibility index (Phi) is 1.75. The highest BCUT2D eigenvalue weighted by Crippen LogP contribution is 2.21. The lowest BCUT2D eigenvalue weighted by molar-refractivity contribution is -0.265. The molecule has 1 fully saturated rings. The Hall–Kier alpha value is -0.120. The first kappa shape index (κ1) is 6.99. The quantitative estimate of drug-likeness (QED) is 0.521. The molecule has 0 spiro atoms. The highest BCUT2D eigenvalue weighted by molar-refractivity contribution is 4.71. The summed E-state index contributed by atoms with van der Waals surface area (Å²) in [6.07, 6.45) is -0.0961. The van der Waals surface area contributed by atoms with Crippen LogP contribution in [-0.2, 0) is 9.47 Å². The molecule has 3 nitrogen and oxygen atoms in total. The zero-order valence-corrected chi connectivity index (χ0v) is 5.76. The number of ether oxygens (including phenoxy) is 2. The summed E-state index contributed by atoms with van der Waals surface area (Å²) in [7, 11) is 0. The smallest absolute Gasteiger partial charge is 0.160 e. The van der Waals surface area contributed by atoms with E-state index < -0.39 is 6.29 Å². The van der Waals surface area contributed by atoms with E-state index in [0.29, 0.717) is 6.42 Å². The van der Waals surface area contributed by atoms with Crippen molar-refractivity contribution in [2.45, 2.75) is 32.2 Å². The molecule has 0 aromatic carbocycles. The highest BCUT2D eigenvalue weighted by atomic mass is 16.7. The van der Waals surface area contributed by atoms with Crippen molar-refractivity contribution in [2.24, 2.45) is 0 Å². The van der Waals surface area contributed by atoms with Crippen LogP contribution in [0.25, 0.3) is 0 Å². The monoisotopic (exact) mass is 132 g/mol. The van der Waals surface area contributed by atoms with E-state index in [0.717, 1.165) is 0 Å². The number of hydrogen-bond donors (Lipinski definition) is 1. The second kappa shape index (κ2) is 2.25. The van der Waals surface area contributed by atoms with Crippen molar-refractivity contribution >= 4 is 0 Å². The fraction of sp³-hybridized carbons (Fsp3) is 1.00. The second-order valence-electron chi connectivity index (χ2n) is 2.85. The zero-order chi connectivity index (χ0) is 6.91. The molecule has 1 heterocycles.